The van der Waals surface area contributed by atoms with Gasteiger partial charge in [-0.25, -0.2) is 9.36 Å². The average molecular weight is 514 g/mol. The fourth-order valence-corrected chi connectivity index (χ4v) is 3.06. The monoisotopic (exact) mass is 514 g/mol. The lowest BCUT2D eigenvalue weighted by Gasteiger charge is -2.13. The van der Waals surface area contributed by atoms with E-state index in [9.17, 15) is 22.5 Å². The molecule has 0 aliphatic carbocycles. The fraction of sp³-hybridized carbons (Fsp3) is 0.619. The van der Waals surface area contributed by atoms with Gasteiger partial charge in [0.15, 0.2) is 0 Å². The number of benzene rings is 1. The number of nitrogens with two attached hydrogens (primary N) is 1. The van der Waals surface area contributed by atoms with Crippen LogP contribution in [-0.2, 0) is 25.1 Å². The Hall–Kier alpha value is -1.98. The molecule has 0 aliphatic heterocycles. The second kappa shape index (κ2) is 16.6. The third-order valence-corrected chi connectivity index (χ3v) is 5.03. The van der Waals surface area contributed by atoms with Gasteiger partial charge in [-0.05, 0) is 30.5 Å². The minimum Gasteiger partial charge on any atom is -0.475 e. The summed E-state index contributed by atoms with van der Waals surface area (Å²) in [6.45, 7) is 1.68. The van der Waals surface area contributed by atoms with Crippen molar-refractivity contribution >= 4 is 25.4 Å². The van der Waals surface area contributed by atoms with Crippen LogP contribution in [-0.4, -0.2) is 45.6 Å². The van der Waals surface area contributed by atoms with E-state index in [2.05, 4.69) is 16.8 Å². The van der Waals surface area contributed by atoms with Gasteiger partial charge in [0.2, 0.25) is 5.91 Å². The molecule has 1 aromatic carbocycles. The molecule has 13 heteroatoms. The second-order valence-corrected chi connectivity index (χ2v) is 8.85. The van der Waals surface area contributed by atoms with Crippen LogP contribution >= 0.6 is 7.82 Å². The van der Waals surface area contributed by atoms with Gasteiger partial charge in [-0.15, -0.1) is 0 Å². The van der Waals surface area contributed by atoms with Gasteiger partial charge in [-0.3, -0.25) is 9.32 Å². The Kier molecular flexibility index (Phi) is 15.6. The molecule has 6 N–H and O–H groups in total. The number of phosphoric acid groups is 1. The van der Waals surface area contributed by atoms with E-state index in [1.807, 2.05) is 12.1 Å². The van der Waals surface area contributed by atoms with Crippen LogP contribution in [0.3, 0.4) is 0 Å². The van der Waals surface area contributed by atoms with Gasteiger partial charge in [0, 0.05) is 5.69 Å². The predicted molar refractivity (Wildman–Crippen MR) is 121 cm³/mol. The van der Waals surface area contributed by atoms with Gasteiger partial charge in [0.05, 0.1) is 6.61 Å². The molecule has 9 nitrogen and oxygen atoms in total. The standard InChI is InChI=1S/C19H33N2O5P.C2HF3O2/c1-2-3-4-5-6-7-8-9-10-16-11-13-17(14-12-16)21-19(22)18(20)15-26-27(23,24)25;3-2(4,5)1(6)7/h11-14,18H,2-10,15,20H2,1H3,(H,21,22)(H2,23,24,25);(H,6,7)/t18-;/m1./s1. The summed E-state index contributed by atoms with van der Waals surface area (Å²) in [4.78, 5) is 38.0. The highest BCUT2D eigenvalue weighted by Gasteiger charge is 2.38. The number of carboxylic acids is 1. The molecule has 0 heterocycles. The van der Waals surface area contributed by atoms with E-state index in [1.165, 1.54) is 50.5 Å². The van der Waals surface area contributed by atoms with E-state index in [-0.39, 0.29) is 0 Å². The van der Waals surface area contributed by atoms with E-state index in [1.54, 1.807) is 12.1 Å². The van der Waals surface area contributed by atoms with E-state index < -0.39 is 38.5 Å². The van der Waals surface area contributed by atoms with Gasteiger partial charge in [-0.1, -0.05) is 64.0 Å². The Morgan fingerprint density at radius 2 is 1.50 bits per heavy atom. The molecule has 34 heavy (non-hydrogen) atoms. The number of carbonyl (C=O) groups excluding carboxylic acids is 1. The van der Waals surface area contributed by atoms with Crippen LogP contribution < -0.4 is 11.1 Å². The predicted octanol–water partition coefficient (Wildman–Crippen LogP) is 4.38. The zero-order valence-electron chi connectivity index (χ0n) is 19.1. The van der Waals surface area contributed by atoms with Crippen LogP contribution in [0.1, 0.15) is 63.9 Å². The lowest BCUT2D eigenvalue weighted by Crippen LogP contribution is -2.39. The van der Waals surface area contributed by atoms with Crippen LogP contribution in [0.15, 0.2) is 24.3 Å². The summed E-state index contributed by atoms with van der Waals surface area (Å²) in [6, 6.07) is 6.38. The van der Waals surface area contributed by atoms with Gasteiger partial charge in [0.25, 0.3) is 0 Å². The molecule has 1 atom stereocenters. The van der Waals surface area contributed by atoms with E-state index in [4.69, 9.17) is 25.4 Å². The molecule has 1 aromatic rings. The summed E-state index contributed by atoms with van der Waals surface area (Å²) < 4.78 is 46.6. The normalized spacial score (nSPS) is 12.4. The zero-order valence-corrected chi connectivity index (χ0v) is 20.0. The molecule has 1 amide bonds. The topological polar surface area (TPSA) is 159 Å². The number of alkyl halides is 3. The van der Waals surface area contributed by atoms with Crippen LogP contribution in [0.2, 0.25) is 0 Å². The first-order chi connectivity index (χ1) is 15.8. The Morgan fingerprint density at radius 1 is 1.03 bits per heavy atom. The van der Waals surface area contributed by atoms with Crippen molar-refractivity contribution < 1.29 is 46.7 Å². The smallest absolute Gasteiger partial charge is 0.475 e. The molecule has 0 aromatic heterocycles. The van der Waals surface area contributed by atoms with Crippen LogP contribution in [0.4, 0.5) is 18.9 Å². The third-order valence-electron chi connectivity index (χ3n) is 4.54. The fourth-order valence-electron chi connectivity index (χ4n) is 2.71. The molecule has 0 saturated carbocycles. The number of amides is 1. The molecule has 0 fully saturated rings. The van der Waals surface area contributed by atoms with Crippen molar-refractivity contribution in [2.45, 2.75) is 76.9 Å². The van der Waals surface area contributed by atoms with Crippen LogP contribution in [0, 0.1) is 0 Å². The lowest BCUT2D eigenvalue weighted by molar-refractivity contribution is -0.192. The molecule has 0 aliphatic rings. The summed E-state index contributed by atoms with van der Waals surface area (Å²) in [5.41, 5.74) is 7.36. The Balaban J connectivity index is 0.00000135. The van der Waals surface area contributed by atoms with Gasteiger partial charge >= 0.3 is 20.0 Å². The summed E-state index contributed by atoms with van der Waals surface area (Å²) in [7, 11) is -4.63. The number of halogens is 3. The van der Waals surface area contributed by atoms with Crippen molar-refractivity contribution in [2.24, 2.45) is 5.73 Å². The van der Waals surface area contributed by atoms with Crippen molar-refractivity contribution in [1.82, 2.24) is 0 Å². The van der Waals surface area contributed by atoms with Gasteiger partial charge < -0.3 is 25.9 Å². The highest BCUT2D eigenvalue weighted by atomic mass is 31.2. The molecule has 196 valence electrons. The van der Waals surface area contributed by atoms with Crippen molar-refractivity contribution in [1.29, 1.82) is 0 Å². The highest BCUT2D eigenvalue weighted by Crippen LogP contribution is 2.35. The summed E-state index contributed by atoms with van der Waals surface area (Å²) in [6.07, 6.45) is 6.22. The Labute approximate surface area is 197 Å². The number of carboxylic acid groups (broad SMARTS) is 1. The minimum absolute atomic E-state index is 0.549. The molecule has 0 unspecified atom stereocenters. The first-order valence-corrected chi connectivity index (χ1v) is 12.4. The summed E-state index contributed by atoms with van der Waals surface area (Å²) in [5, 5.41) is 9.73. The molecule has 1 rings (SSSR count). The number of aryl methyl sites for hydroxylation is 1. The maximum atomic E-state index is 11.9. The largest absolute Gasteiger partial charge is 0.490 e. The number of hydrogen-bond donors (Lipinski definition) is 5. The number of hydrogen-bond acceptors (Lipinski definition) is 5. The van der Waals surface area contributed by atoms with Crippen molar-refractivity contribution in [3.8, 4) is 0 Å². The SMILES string of the molecule is CCCCCCCCCCc1ccc(NC(=O)[C@H](N)COP(=O)(O)O)cc1.O=C(O)C(F)(F)F. The molecule has 0 spiro atoms. The molecular weight excluding hydrogens is 480 g/mol. The maximum Gasteiger partial charge on any atom is 0.490 e. The van der Waals surface area contributed by atoms with Crippen molar-refractivity contribution in [3.63, 3.8) is 0 Å². The first-order valence-electron chi connectivity index (χ1n) is 10.9. The quantitative estimate of drug-likeness (QED) is 0.181. The number of anilines is 1. The van der Waals surface area contributed by atoms with E-state index >= 15 is 0 Å². The minimum atomic E-state index is -5.08. The first kappa shape index (κ1) is 32.0. The molecule has 0 radical (unpaired) electrons. The van der Waals surface area contributed by atoms with E-state index in [0.717, 1.165) is 12.8 Å². The third kappa shape index (κ3) is 17.5. The molecule has 0 saturated heterocycles. The maximum absolute atomic E-state index is 11.9. The van der Waals surface area contributed by atoms with E-state index in [0.29, 0.717) is 5.69 Å². The number of phosphoric ester groups is 1. The zero-order chi connectivity index (χ0) is 26.2. The molecular formula is C21H34F3N2O7P. The second-order valence-electron chi connectivity index (χ2n) is 7.61. The summed E-state index contributed by atoms with van der Waals surface area (Å²) >= 11 is 0. The van der Waals surface area contributed by atoms with Crippen LogP contribution in [0.5, 0.6) is 0 Å². The Bertz CT molecular complexity index is 771. The average Bonchev–Trinajstić information content (AvgIpc) is 2.74. The number of aliphatic carboxylic acids is 1. The number of rotatable bonds is 14. The van der Waals surface area contributed by atoms with Gasteiger partial charge in [0.1, 0.15) is 6.04 Å². The van der Waals surface area contributed by atoms with Crippen molar-refractivity contribution in [3.05, 3.63) is 29.8 Å². The van der Waals surface area contributed by atoms with Crippen LogP contribution in [0.25, 0.3) is 0 Å². The Morgan fingerprint density at radius 3 is 1.94 bits per heavy atom. The van der Waals surface area contributed by atoms with Crippen molar-refractivity contribution in [2.75, 3.05) is 11.9 Å². The lowest BCUT2D eigenvalue weighted by atomic mass is 10.0. The highest BCUT2D eigenvalue weighted by molar-refractivity contribution is 7.46. The summed E-state index contributed by atoms with van der Waals surface area (Å²) in [5.74, 6) is -3.31. The number of unbranched alkanes of at least 4 members (excludes halogenated alkanes) is 7. The number of nitrogens with one attached hydrogen (secondary N) is 1. The van der Waals surface area contributed by atoms with Gasteiger partial charge in [-0.2, -0.15) is 13.2 Å². The number of carbonyl (C=O) groups is 2. The molecule has 0 bridgehead atoms.